The molecule has 56 valence electrons. The lowest BCUT2D eigenvalue weighted by molar-refractivity contribution is 1.00. The number of nitrogens with one attached hydrogen (secondary N) is 1. The minimum absolute atomic E-state index is 1.03. The fraction of sp³-hybridized carbons (Fsp3) is 1.00. The van der Waals surface area contributed by atoms with Crippen molar-refractivity contribution in [3.05, 3.63) is 0 Å². The summed E-state index contributed by atoms with van der Waals surface area (Å²) in [7, 11) is 0. The van der Waals surface area contributed by atoms with Gasteiger partial charge in [0.1, 0.15) is 0 Å². The highest BCUT2D eigenvalue weighted by molar-refractivity contribution is 8.13. The van der Waals surface area contributed by atoms with E-state index < -0.39 is 6.19 Å². The lowest BCUT2D eigenvalue weighted by atomic mass is 10.8. The Balaban J connectivity index is 3.78. The Morgan fingerprint density at radius 3 is 1.78 bits per heavy atom. The van der Waals surface area contributed by atoms with Gasteiger partial charge in [-0.2, -0.15) is 0 Å². The van der Waals surface area contributed by atoms with Crippen LogP contribution in [0.5, 0.6) is 0 Å². The van der Waals surface area contributed by atoms with E-state index in [1.807, 2.05) is 0 Å². The van der Waals surface area contributed by atoms with Crippen LogP contribution in [0.2, 0.25) is 0 Å². The quantitative estimate of drug-likeness (QED) is 0.640. The highest BCUT2D eigenvalue weighted by atomic mass is 32.4. The van der Waals surface area contributed by atoms with E-state index >= 15 is 0 Å². The van der Waals surface area contributed by atoms with E-state index in [1.165, 1.54) is 0 Å². The Hall–Kier alpha value is 0.610. The number of hydrogen-bond acceptors (Lipinski definition) is 1. The average molecular weight is 165 g/mol. The van der Waals surface area contributed by atoms with E-state index in [-0.39, 0.29) is 0 Å². The SMILES string of the molecule is CCNP(=S)(CC)CC. The summed E-state index contributed by atoms with van der Waals surface area (Å²) in [6.07, 6.45) is 1.19. The average Bonchev–Trinajstić information content (AvgIpc) is 1.89. The summed E-state index contributed by atoms with van der Waals surface area (Å²) in [5.41, 5.74) is 0. The lowest BCUT2D eigenvalue weighted by Crippen LogP contribution is -2.11. The molecule has 1 N–H and O–H groups in total. The summed E-state index contributed by atoms with van der Waals surface area (Å²) in [5.74, 6) is 0. The summed E-state index contributed by atoms with van der Waals surface area (Å²) < 4.78 is 0. The maximum Gasteiger partial charge on any atom is 0.0119 e. The van der Waals surface area contributed by atoms with Crippen LogP contribution >= 0.6 is 6.19 Å². The molecule has 0 spiro atoms. The molecule has 0 rings (SSSR count). The molecule has 0 aromatic rings. The van der Waals surface area contributed by atoms with Crippen LogP contribution in [0.3, 0.4) is 0 Å². The minimum Gasteiger partial charge on any atom is -0.289 e. The Labute approximate surface area is 63.3 Å². The topological polar surface area (TPSA) is 12.0 Å². The van der Waals surface area contributed by atoms with Gasteiger partial charge in [-0.15, -0.1) is 0 Å². The molecule has 0 aliphatic heterocycles. The second-order valence-corrected chi connectivity index (χ2v) is 7.49. The van der Waals surface area contributed by atoms with Crippen molar-refractivity contribution in [3.63, 3.8) is 0 Å². The van der Waals surface area contributed by atoms with Crippen LogP contribution in [0.15, 0.2) is 0 Å². The first kappa shape index (κ1) is 9.61. The maximum atomic E-state index is 5.40. The molecule has 0 aromatic heterocycles. The highest BCUT2D eigenvalue weighted by Gasteiger charge is 2.07. The first-order valence-electron chi connectivity index (χ1n) is 3.51. The molecule has 0 aromatic carbocycles. The van der Waals surface area contributed by atoms with E-state index in [1.54, 1.807) is 0 Å². The second kappa shape index (κ2) is 4.43. The van der Waals surface area contributed by atoms with Gasteiger partial charge in [0.15, 0.2) is 0 Å². The minimum atomic E-state index is -1.10. The summed E-state index contributed by atoms with van der Waals surface area (Å²) >= 11 is 5.40. The standard InChI is InChI=1S/C6H16NPS/c1-4-7-8(9,5-2)6-3/h4-6H2,1-3H3,(H,7,9). The fourth-order valence-electron chi connectivity index (χ4n) is 0.735. The molecule has 3 heteroatoms. The molecular formula is C6H16NPS. The summed E-state index contributed by atoms with van der Waals surface area (Å²) in [6, 6.07) is 0. The molecule has 0 aliphatic carbocycles. The Bertz CT molecular complexity index is 106. The molecule has 0 heterocycles. The lowest BCUT2D eigenvalue weighted by Gasteiger charge is -2.18. The van der Waals surface area contributed by atoms with Crippen LogP contribution in [0.1, 0.15) is 20.8 Å². The van der Waals surface area contributed by atoms with Crippen LogP contribution in [-0.2, 0) is 11.8 Å². The van der Waals surface area contributed by atoms with Crippen molar-refractivity contribution < 1.29 is 0 Å². The van der Waals surface area contributed by atoms with Crippen molar-refractivity contribution in [1.82, 2.24) is 5.09 Å². The van der Waals surface area contributed by atoms with Crippen molar-refractivity contribution in [3.8, 4) is 0 Å². The van der Waals surface area contributed by atoms with Crippen LogP contribution in [0.25, 0.3) is 0 Å². The van der Waals surface area contributed by atoms with Gasteiger partial charge in [-0.05, 0) is 18.9 Å². The molecule has 0 unspecified atom stereocenters. The van der Waals surface area contributed by atoms with E-state index in [2.05, 4.69) is 25.9 Å². The number of rotatable bonds is 4. The van der Waals surface area contributed by atoms with Crippen molar-refractivity contribution in [2.24, 2.45) is 0 Å². The molecule has 0 saturated carbocycles. The third kappa shape index (κ3) is 3.34. The van der Waals surface area contributed by atoms with E-state index in [4.69, 9.17) is 11.8 Å². The van der Waals surface area contributed by atoms with Gasteiger partial charge >= 0.3 is 0 Å². The van der Waals surface area contributed by atoms with E-state index in [0.717, 1.165) is 18.9 Å². The zero-order chi connectivity index (χ0) is 7.33. The third-order valence-corrected chi connectivity index (χ3v) is 6.34. The smallest absolute Gasteiger partial charge is 0.0119 e. The van der Waals surface area contributed by atoms with Gasteiger partial charge in [-0.1, -0.05) is 32.6 Å². The van der Waals surface area contributed by atoms with Crippen molar-refractivity contribution in [1.29, 1.82) is 0 Å². The number of hydrogen-bond donors (Lipinski definition) is 1. The van der Waals surface area contributed by atoms with Crippen molar-refractivity contribution in [2.45, 2.75) is 20.8 Å². The van der Waals surface area contributed by atoms with Crippen LogP contribution < -0.4 is 5.09 Å². The largest absolute Gasteiger partial charge is 0.289 e. The molecule has 0 amide bonds. The molecule has 0 aliphatic rings. The van der Waals surface area contributed by atoms with Crippen LogP contribution in [-0.4, -0.2) is 18.9 Å². The van der Waals surface area contributed by atoms with Crippen LogP contribution in [0.4, 0.5) is 0 Å². The molecular weight excluding hydrogens is 149 g/mol. The van der Waals surface area contributed by atoms with Gasteiger partial charge in [0.25, 0.3) is 0 Å². The molecule has 0 saturated heterocycles. The molecule has 0 atom stereocenters. The van der Waals surface area contributed by atoms with Gasteiger partial charge in [-0.25, -0.2) is 0 Å². The molecule has 0 bridgehead atoms. The predicted octanol–water partition coefficient (Wildman–Crippen LogP) is 2.03. The van der Waals surface area contributed by atoms with Crippen molar-refractivity contribution in [2.75, 3.05) is 18.9 Å². The summed E-state index contributed by atoms with van der Waals surface area (Å²) in [6.45, 7) is 7.49. The first-order valence-corrected chi connectivity index (χ1v) is 6.69. The highest BCUT2D eigenvalue weighted by Crippen LogP contribution is 2.39. The normalized spacial score (nSPS) is 11.9. The maximum absolute atomic E-state index is 5.40. The summed E-state index contributed by atoms with van der Waals surface area (Å²) in [4.78, 5) is 0. The predicted molar refractivity (Wildman–Crippen MR) is 49.0 cm³/mol. The molecule has 0 fully saturated rings. The summed E-state index contributed by atoms with van der Waals surface area (Å²) in [5, 5.41) is 3.38. The van der Waals surface area contributed by atoms with Crippen molar-refractivity contribution >= 4 is 18.0 Å². The Morgan fingerprint density at radius 1 is 1.22 bits per heavy atom. The fourth-order valence-corrected chi connectivity index (χ4v) is 2.59. The first-order chi connectivity index (χ1) is 4.18. The van der Waals surface area contributed by atoms with Gasteiger partial charge in [0, 0.05) is 6.19 Å². The Morgan fingerprint density at radius 2 is 1.67 bits per heavy atom. The Kier molecular flexibility index (Phi) is 4.73. The third-order valence-electron chi connectivity index (χ3n) is 1.47. The van der Waals surface area contributed by atoms with Gasteiger partial charge < -0.3 is 0 Å². The van der Waals surface area contributed by atoms with Crippen LogP contribution in [0, 0.1) is 0 Å². The van der Waals surface area contributed by atoms with E-state index in [0.29, 0.717) is 0 Å². The van der Waals surface area contributed by atoms with E-state index in [9.17, 15) is 0 Å². The van der Waals surface area contributed by atoms with Gasteiger partial charge in [0.05, 0.1) is 0 Å². The van der Waals surface area contributed by atoms with Gasteiger partial charge in [0.2, 0.25) is 0 Å². The second-order valence-electron chi connectivity index (χ2n) is 2.03. The molecule has 1 nitrogen and oxygen atoms in total. The zero-order valence-corrected chi connectivity index (χ0v) is 8.19. The monoisotopic (exact) mass is 165 g/mol. The zero-order valence-electron chi connectivity index (χ0n) is 6.48. The molecule has 0 radical (unpaired) electrons. The van der Waals surface area contributed by atoms with Gasteiger partial charge in [-0.3, -0.25) is 5.09 Å². The molecule has 9 heavy (non-hydrogen) atoms.